The molecule has 2 nitrogen and oxygen atoms in total. The molecule has 1 aliphatic heterocycles. The first kappa shape index (κ1) is 12.4. The van der Waals surface area contributed by atoms with Crippen LogP contribution in [0.1, 0.15) is 58.8 Å². The molecular weight excluding hydrogens is 198 g/mol. The highest BCUT2D eigenvalue weighted by molar-refractivity contribution is 4.93. The van der Waals surface area contributed by atoms with Gasteiger partial charge in [0.25, 0.3) is 0 Å². The van der Waals surface area contributed by atoms with E-state index < -0.39 is 0 Å². The van der Waals surface area contributed by atoms with Gasteiger partial charge in [0.05, 0.1) is 6.10 Å². The van der Waals surface area contributed by atoms with Gasteiger partial charge in [-0.05, 0) is 44.1 Å². The number of aliphatic hydroxyl groups excluding tert-OH is 1. The number of hydrogen-bond acceptors (Lipinski definition) is 2. The van der Waals surface area contributed by atoms with Crippen LogP contribution in [-0.2, 0) is 0 Å². The van der Waals surface area contributed by atoms with Crippen LogP contribution in [0.2, 0.25) is 0 Å². The van der Waals surface area contributed by atoms with Gasteiger partial charge in [0.2, 0.25) is 0 Å². The SMILES string of the molecule is CCC1(CC)CCN([C@H]2CCCC[C@@H]2O)C1. The first-order chi connectivity index (χ1) is 7.71. The van der Waals surface area contributed by atoms with E-state index >= 15 is 0 Å². The fourth-order valence-corrected chi connectivity index (χ4v) is 3.60. The lowest BCUT2D eigenvalue weighted by atomic mass is 9.81. The first-order valence-electron chi connectivity index (χ1n) is 7.13. The molecule has 2 rings (SSSR count). The van der Waals surface area contributed by atoms with E-state index in [0.717, 1.165) is 6.42 Å². The van der Waals surface area contributed by atoms with Crippen LogP contribution in [0.5, 0.6) is 0 Å². The zero-order chi connectivity index (χ0) is 11.6. The lowest BCUT2D eigenvalue weighted by Gasteiger charge is -2.36. The summed E-state index contributed by atoms with van der Waals surface area (Å²) in [5.41, 5.74) is 0.553. The summed E-state index contributed by atoms with van der Waals surface area (Å²) in [4.78, 5) is 2.58. The van der Waals surface area contributed by atoms with Gasteiger partial charge in [0, 0.05) is 12.6 Å². The fourth-order valence-electron chi connectivity index (χ4n) is 3.60. The van der Waals surface area contributed by atoms with Gasteiger partial charge >= 0.3 is 0 Å². The minimum absolute atomic E-state index is 0.0572. The third-order valence-electron chi connectivity index (χ3n) is 5.13. The lowest BCUT2D eigenvalue weighted by Crippen LogP contribution is -2.45. The van der Waals surface area contributed by atoms with Crippen LogP contribution in [0.15, 0.2) is 0 Å². The van der Waals surface area contributed by atoms with E-state index in [1.54, 1.807) is 0 Å². The van der Waals surface area contributed by atoms with Crippen LogP contribution in [0.3, 0.4) is 0 Å². The van der Waals surface area contributed by atoms with Crippen molar-refractivity contribution in [1.82, 2.24) is 4.90 Å². The summed E-state index contributed by atoms with van der Waals surface area (Å²) in [5.74, 6) is 0. The van der Waals surface area contributed by atoms with Gasteiger partial charge in [-0.3, -0.25) is 4.90 Å². The van der Waals surface area contributed by atoms with Gasteiger partial charge in [-0.2, -0.15) is 0 Å². The maximum absolute atomic E-state index is 10.1. The molecule has 0 radical (unpaired) electrons. The summed E-state index contributed by atoms with van der Waals surface area (Å²) >= 11 is 0. The smallest absolute Gasteiger partial charge is 0.0695 e. The molecule has 1 N–H and O–H groups in total. The maximum Gasteiger partial charge on any atom is 0.0695 e. The minimum atomic E-state index is -0.0572. The molecule has 1 heterocycles. The minimum Gasteiger partial charge on any atom is -0.391 e. The van der Waals surface area contributed by atoms with Crippen LogP contribution in [-0.4, -0.2) is 35.2 Å². The van der Waals surface area contributed by atoms with Gasteiger partial charge in [0.15, 0.2) is 0 Å². The van der Waals surface area contributed by atoms with E-state index in [4.69, 9.17) is 0 Å². The molecule has 2 aliphatic rings. The molecule has 1 saturated carbocycles. The van der Waals surface area contributed by atoms with Crippen molar-refractivity contribution < 1.29 is 5.11 Å². The van der Waals surface area contributed by atoms with Crippen molar-refractivity contribution in [1.29, 1.82) is 0 Å². The zero-order valence-electron chi connectivity index (χ0n) is 10.9. The largest absolute Gasteiger partial charge is 0.391 e. The Labute approximate surface area is 100 Å². The van der Waals surface area contributed by atoms with Gasteiger partial charge in [-0.1, -0.05) is 26.7 Å². The quantitative estimate of drug-likeness (QED) is 0.798. The Morgan fingerprint density at radius 3 is 2.44 bits per heavy atom. The standard InChI is InChI=1S/C14H27NO/c1-3-14(4-2)9-10-15(11-14)12-7-5-6-8-13(12)16/h12-13,16H,3-11H2,1-2H3/t12-,13-/m0/s1. The van der Waals surface area contributed by atoms with Crippen molar-refractivity contribution in [3.63, 3.8) is 0 Å². The van der Waals surface area contributed by atoms with Crippen molar-refractivity contribution >= 4 is 0 Å². The second-order valence-corrected chi connectivity index (χ2v) is 5.85. The second-order valence-electron chi connectivity index (χ2n) is 5.85. The van der Waals surface area contributed by atoms with Crippen molar-refractivity contribution in [2.45, 2.75) is 70.9 Å². The van der Waals surface area contributed by atoms with E-state index in [2.05, 4.69) is 18.7 Å². The Kier molecular flexibility index (Phi) is 3.91. The second kappa shape index (κ2) is 5.05. The Morgan fingerprint density at radius 2 is 1.88 bits per heavy atom. The molecule has 2 atom stereocenters. The Bertz CT molecular complexity index is 225. The van der Waals surface area contributed by atoms with Crippen molar-refractivity contribution in [3.05, 3.63) is 0 Å². The molecule has 1 aliphatic carbocycles. The summed E-state index contributed by atoms with van der Waals surface area (Å²) in [6, 6.07) is 0.466. The number of rotatable bonds is 3. The molecular formula is C14H27NO. The normalized spacial score (nSPS) is 35.4. The first-order valence-corrected chi connectivity index (χ1v) is 7.13. The zero-order valence-corrected chi connectivity index (χ0v) is 10.9. The number of aliphatic hydroxyl groups is 1. The van der Waals surface area contributed by atoms with Gasteiger partial charge in [-0.15, -0.1) is 0 Å². The average molecular weight is 225 g/mol. The topological polar surface area (TPSA) is 23.5 Å². The van der Waals surface area contributed by atoms with Crippen LogP contribution in [0.25, 0.3) is 0 Å². The van der Waals surface area contributed by atoms with E-state index in [-0.39, 0.29) is 6.10 Å². The molecule has 2 heteroatoms. The van der Waals surface area contributed by atoms with E-state index in [1.807, 2.05) is 0 Å². The maximum atomic E-state index is 10.1. The number of nitrogens with zero attached hydrogens (tertiary/aromatic N) is 1. The Morgan fingerprint density at radius 1 is 1.19 bits per heavy atom. The number of likely N-dealkylation sites (tertiary alicyclic amines) is 1. The predicted molar refractivity (Wildman–Crippen MR) is 67.5 cm³/mol. The predicted octanol–water partition coefficient (Wildman–Crippen LogP) is 2.80. The molecule has 0 aromatic heterocycles. The molecule has 0 aromatic carbocycles. The highest BCUT2D eigenvalue weighted by Gasteiger charge is 2.40. The van der Waals surface area contributed by atoms with Gasteiger partial charge in [0.1, 0.15) is 0 Å². The molecule has 0 amide bonds. The third-order valence-corrected chi connectivity index (χ3v) is 5.13. The molecule has 0 spiro atoms. The summed E-state index contributed by atoms with van der Waals surface area (Å²) in [6.07, 6.45) is 8.63. The fraction of sp³-hybridized carbons (Fsp3) is 1.00. The lowest BCUT2D eigenvalue weighted by molar-refractivity contribution is 0.0250. The van der Waals surface area contributed by atoms with E-state index in [0.29, 0.717) is 11.5 Å². The van der Waals surface area contributed by atoms with Crippen molar-refractivity contribution in [2.24, 2.45) is 5.41 Å². The summed E-state index contributed by atoms with van der Waals surface area (Å²) in [6.45, 7) is 7.08. The van der Waals surface area contributed by atoms with Crippen LogP contribution in [0, 0.1) is 5.41 Å². The Hall–Kier alpha value is -0.0800. The van der Waals surface area contributed by atoms with Crippen LogP contribution in [0.4, 0.5) is 0 Å². The van der Waals surface area contributed by atoms with Crippen LogP contribution < -0.4 is 0 Å². The summed E-state index contributed by atoms with van der Waals surface area (Å²) < 4.78 is 0. The number of hydrogen-bond donors (Lipinski definition) is 1. The molecule has 0 aromatic rings. The van der Waals surface area contributed by atoms with Crippen molar-refractivity contribution in [3.8, 4) is 0 Å². The Balaban J connectivity index is 1.96. The molecule has 2 fully saturated rings. The van der Waals surface area contributed by atoms with Crippen molar-refractivity contribution in [2.75, 3.05) is 13.1 Å². The summed E-state index contributed by atoms with van der Waals surface area (Å²) in [7, 11) is 0. The van der Waals surface area contributed by atoms with E-state index in [9.17, 15) is 5.11 Å². The highest BCUT2D eigenvalue weighted by Crippen LogP contribution is 2.39. The summed E-state index contributed by atoms with van der Waals surface area (Å²) in [5, 5.41) is 10.1. The molecule has 0 bridgehead atoms. The molecule has 0 unspecified atom stereocenters. The van der Waals surface area contributed by atoms with Crippen LogP contribution >= 0.6 is 0 Å². The molecule has 16 heavy (non-hydrogen) atoms. The third kappa shape index (κ3) is 2.28. The molecule has 94 valence electrons. The highest BCUT2D eigenvalue weighted by atomic mass is 16.3. The van der Waals surface area contributed by atoms with Gasteiger partial charge < -0.3 is 5.11 Å². The van der Waals surface area contributed by atoms with E-state index in [1.165, 1.54) is 51.6 Å². The monoisotopic (exact) mass is 225 g/mol. The van der Waals surface area contributed by atoms with Gasteiger partial charge in [-0.25, -0.2) is 0 Å². The average Bonchev–Trinajstić information content (AvgIpc) is 2.75. The molecule has 1 saturated heterocycles.